The van der Waals surface area contributed by atoms with Gasteiger partial charge in [-0.1, -0.05) is 30.3 Å². The number of carbonyl (C=O) groups is 1. The maximum Gasteiger partial charge on any atom is 0.488 e. The predicted octanol–water partition coefficient (Wildman–Crippen LogP) is 2.79. The standard InChI is InChI=1S/C22H22BF2N3O3/c24-22(25)9-4-11-28(12-10-22)20-18(13-15-5-1-2-8-19(15)27-20)21(29)26-17-7-3-6-16(14-17)23(30)31/h1-3,5-8,13-14,30-31H,4,9-12H2,(H,26,29). The van der Waals surface area contributed by atoms with Gasteiger partial charge in [0.15, 0.2) is 0 Å². The van der Waals surface area contributed by atoms with Crippen LogP contribution in [0, 0.1) is 0 Å². The Labute approximate surface area is 178 Å². The summed E-state index contributed by atoms with van der Waals surface area (Å²) in [4.78, 5) is 19.5. The SMILES string of the molecule is O=C(Nc1cccc(B(O)O)c1)c1cc2ccccc2nc1N1CCCC(F)(F)CC1. The summed E-state index contributed by atoms with van der Waals surface area (Å²) < 4.78 is 27.8. The molecule has 1 aliphatic rings. The number of alkyl halides is 2. The highest BCUT2D eigenvalue weighted by atomic mass is 19.3. The highest BCUT2D eigenvalue weighted by molar-refractivity contribution is 6.58. The van der Waals surface area contributed by atoms with Crippen LogP contribution in [0.2, 0.25) is 0 Å². The number of hydrogen-bond donors (Lipinski definition) is 3. The fraction of sp³-hybridized carbons (Fsp3) is 0.273. The van der Waals surface area contributed by atoms with Gasteiger partial charge in [-0.05, 0) is 36.1 Å². The minimum Gasteiger partial charge on any atom is -0.423 e. The molecule has 0 radical (unpaired) electrons. The number of para-hydroxylation sites is 1. The Kier molecular flexibility index (Phi) is 5.89. The molecule has 1 fully saturated rings. The molecule has 160 valence electrons. The van der Waals surface area contributed by atoms with Crippen LogP contribution in [0.5, 0.6) is 0 Å². The summed E-state index contributed by atoms with van der Waals surface area (Å²) in [7, 11) is -1.66. The molecule has 0 atom stereocenters. The third-order valence-corrected chi connectivity index (χ3v) is 5.41. The highest BCUT2D eigenvalue weighted by Crippen LogP contribution is 2.32. The predicted molar refractivity (Wildman–Crippen MR) is 117 cm³/mol. The fourth-order valence-electron chi connectivity index (χ4n) is 3.77. The second-order valence-corrected chi connectivity index (χ2v) is 7.70. The van der Waals surface area contributed by atoms with Crippen LogP contribution < -0.4 is 15.7 Å². The summed E-state index contributed by atoms with van der Waals surface area (Å²) in [5.74, 6) is -2.80. The second-order valence-electron chi connectivity index (χ2n) is 7.70. The van der Waals surface area contributed by atoms with Crippen molar-refractivity contribution in [1.29, 1.82) is 0 Å². The van der Waals surface area contributed by atoms with Gasteiger partial charge in [0.25, 0.3) is 5.91 Å². The summed E-state index contributed by atoms with van der Waals surface area (Å²) in [6.45, 7) is 0.484. The first-order valence-electron chi connectivity index (χ1n) is 10.1. The zero-order valence-electron chi connectivity index (χ0n) is 16.8. The maximum atomic E-state index is 13.9. The van der Waals surface area contributed by atoms with Crippen LogP contribution in [0.25, 0.3) is 10.9 Å². The number of aromatic nitrogens is 1. The number of fused-ring (bicyclic) bond motifs is 1. The Balaban J connectivity index is 1.71. The first kappa shape index (κ1) is 21.2. The zero-order chi connectivity index (χ0) is 22.0. The van der Waals surface area contributed by atoms with Crippen molar-refractivity contribution < 1.29 is 23.6 Å². The fourth-order valence-corrected chi connectivity index (χ4v) is 3.77. The second kappa shape index (κ2) is 8.60. The molecule has 1 aliphatic heterocycles. The average molecular weight is 425 g/mol. The minimum absolute atomic E-state index is 0.102. The molecule has 0 bridgehead atoms. The van der Waals surface area contributed by atoms with Crippen molar-refractivity contribution in [2.24, 2.45) is 0 Å². The van der Waals surface area contributed by atoms with Crippen molar-refractivity contribution >= 4 is 40.9 Å². The van der Waals surface area contributed by atoms with Crippen LogP contribution in [-0.4, -0.2) is 47.1 Å². The molecule has 3 N–H and O–H groups in total. The van der Waals surface area contributed by atoms with E-state index in [0.29, 0.717) is 30.0 Å². The van der Waals surface area contributed by atoms with Crippen LogP contribution in [0.15, 0.2) is 54.6 Å². The highest BCUT2D eigenvalue weighted by Gasteiger charge is 2.33. The van der Waals surface area contributed by atoms with E-state index in [1.807, 2.05) is 24.3 Å². The quantitative estimate of drug-likeness (QED) is 0.560. The summed E-state index contributed by atoms with van der Waals surface area (Å²) in [5.41, 5.74) is 1.58. The van der Waals surface area contributed by atoms with E-state index in [4.69, 9.17) is 0 Å². The van der Waals surface area contributed by atoms with Gasteiger partial charge in [0.1, 0.15) is 5.82 Å². The molecule has 2 aromatic carbocycles. The van der Waals surface area contributed by atoms with E-state index in [-0.39, 0.29) is 30.4 Å². The number of anilines is 2. The summed E-state index contributed by atoms with van der Waals surface area (Å²) in [6.07, 6.45) is -0.174. The molecule has 0 unspecified atom stereocenters. The van der Waals surface area contributed by atoms with Crippen LogP contribution in [-0.2, 0) is 0 Å². The molecular weight excluding hydrogens is 403 g/mol. The van der Waals surface area contributed by atoms with Crippen LogP contribution >= 0.6 is 0 Å². The monoisotopic (exact) mass is 425 g/mol. The number of hydrogen-bond acceptors (Lipinski definition) is 5. The number of nitrogens with zero attached hydrogens (tertiary/aromatic N) is 2. The molecule has 0 spiro atoms. The first-order chi connectivity index (χ1) is 14.8. The average Bonchev–Trinajstić information content (AvgIpc) is 2.93. The van der Waals surface area contributed by atoms with Crippen molar-refractivity contribution in [1.82, 2.24) is 4.98 Å². The Morgan fingerprint density at radius 3 is 2.68 bits per heavy atom. The Bertz CT molecular complexity index is 1110. The van der Waals surface area contributed by atoms with Crippen molar-refractivity contribution in [3.63, 3.8) is 0 Å². The topological polar surface area (TPSA) is 85.7 Å². The maximum absolute atomic E-state index is 13.9. The van der Waals surface area contributed by atoms with E-state index in [2.05, 4.69) is 10.3 Å². The van der Waals surface area contributed by atoms with Gasteiger partial charge in [-0.2, -0.15) is 0 Å². The van der Waals surface area contributed by atoms with Gasteiger partial charge in [-0.15, -0.1) is 0 Å². The largest absolute Gasteiger partial charge is 0.488 e. The molecule has 1 amide bonds. The Morgan fingerprint density at radius 2 is 1.87 bits per heavy atom. The van der Waals surface area contributed by atoms with Gasteiger partial charge in [0.05, 0.1) is 11.1 Å². The smallest absolute Gasteiger partial charge is 0.423 e. The Morgan fingerprint density at radius 1 is 1.06 bits per heavy atom. The molecule has 1 aromatic heterocycles. The van der Waals surface area contributed by atoms with Crippen molar-refractivity contribution in [2.75, 3.05) is 23.3 Å². The number of halogens is 2. The van der Waals surface area contributed by atoms with E-state index < -0.39 is 18.9 Å². The molecule has 6 nitrogen and oxygen atoms in total. The van der Waals surface area contributed by atoms with Crippen molar-refractivity contribution in [3.8, 4) is 0 Å². The van der Waals surface area contributed by atoms with Gasteiger partial charge in [-0.25, -0.2) is 13.8 Å². The third kappa shape index (κ3) is 4.83. The number of pyridine rings is 1. The number of carbonyl (C=O) groups excluding carboxylic acids is 1. The molecule has 2 heterocycles. The van der Waals surface area contributed by atoms with Gasteiger partial charge in [0.2, 0.25) is 5.92 Å². The van der Waals surface area contributed by atoms with Gasteiger partial charge in [-0.3, -0.25) is 4.79 Å². The molecule has 4 rings (SSSR count). The molecule has 9 heteroatoms. The Hall–Kier alpha value is -3.04. The van der Waals surface area contributed by atoms with Crippen molar-refractivity contribution in [2.45, 2.75) is 25.2 Å². The van der Waals surface area contributed by atoms with Gasteiger partial charge >= 0.3 is 7.12 Å². The van der Waals surface area contributed by atoms with E-state index >= 15 is 0 Å². The lowest BCUT2D eigenvalue weighted by molar-refractivity contribution is -0.0102. The minimum atomic E-state index is -2.72. The lowest BCUT2D eigenvalue weighted by atomic mass is 9.80. The normalized spacial score (nSPS) is 16.1. The van der Waals surface area contributed by atoms with Crippen LogP contribution in [0.4, 0.5) is 20.3 Å². The van der Waals surface area contributed by atoms with Gasteiger partial charge < -0.3 is 20.3 Å². The molecule has 0 aliphatic carbocycles. The lowest BCUT2D eigenvalue weighted by Gasteiger charge is -2.24. The number of amides is 1. The van der Waals surface area contributed by atoms with E-state index in [1.165, 1.54) is 12.1 Å². The van der Waals surface area contributed by atoms with Gasteiger partial charge in [0, 0.05) is 37.0 Å². The number of rotatable bonds is 4. The van der Waals surface area contributed by atoms with E-state index in [0.717, 1.165) is 5.39 Å². The van der Waals surface area contributed by atoms with Crippen LogP contribution in [0.3, 0.4) is 0 Å². The van der Waals surface area contributed by atoms with E-state index in [1.54, 1.807) is 23.1 Å². The molecular formula is C22H22BF2N3O3. The molecule has 31 heavy (non-hydrogen) atoms. The van der Waals surface area contributed by atoms with Crippen LogP contribution in [0.1, 0.15) is 29.6 Å². The number of nitrogens with one attached hydrogen (secondary N) is 1. The van der Waals surface area contributed by atoms with E-state index in [9.17, 15) is 23.6 Å². The number of benzene rings is 2. The lowest BCUT2D eigenvalue weighted by Crippen LogP contribution is -2.31. The summed E-state index contributed by atoms with van der Waals surface area (Å²) in [5, 5.41) is 22.2. The summed E-state index contributed by atoms with van der Waals surface area (Å²) >= 11 is 0. The third-order valence-electron chi connectivity index (χ3n) is 5.41. The van der Waals surface area contributed by atoms with Crippen molar-refractivity contribution in [3.05, 3.63) is 60.2 Å². The summed E-state index contributed by atoms with van der Waals surface area (Å²) in [6, 6.07) is 15.3. The molecule has 0 saturated carbocycles. The molecule has 3 aromatic rings. The first-order valence-corrected chi connectivity index (χ1v) is 10.1. The molecule has 1 saturated heterocycles. The zero-order valence-corrected chi connectivity index (χ0v) is 16.8.